The number of sulfonamides is 1. The SMILES string of the molecule is COC(=O)c1ccc(Cl)c(NC(=O)CN(c2ccccc2Cl)S(=O)(=O)c2ccc(C)cc2)c1. The van der Waals surface area contributed by atoms with Gasteiger partial charge in [0.25, 0.3) is 10.0 Å². The molecule has 0 aliphatic carbocycles. The van der Waals surface area contributed by atoms with Crippen LogP contribution in [0.2, 0.25) is 10.0 Å². The van der Waals surface area contributed by atoms with Gasteiger partial charge in [-0.3, -0.25) is 9.10 Å². The third-order valence-electron chi connectivity index (χ3n) is 4.68. The molecule has 10 heteroatoms. The second-order valence-electron chi connectivity index (χ2n) is 7.01. The van der Waals surface area contributed by atoms with E-state index in [0.717, 1.165) is 9.87 Å². The lowest BCUT2D eigenvalue weighted by atomic mass is 10.2. The average molecular weight is 507 g/mol. The molecule has 0 unspecified atom stereocenters. The van der Waals surface area contributed by atoms with Crippen LogP contribution in [-0.4, -0.2) is 33.9 Å². The summed E-state index contributed by atoms with van der Waals surface area (Å²) >= 11 is 12.4. The first-order chi connectivity index (χ1) is 15.6. The summed E-state index contributed by atoms with van der Waals surface area (Å²) in [4.78, 5) is 24.7. The van der Waals surface area contributed by atoms with E-state index in [4.69, 9.17) is 23.2 Å². The van der Waals surface area contributed by atoms with Gasteiger partial charge in [0.2, 0.25) is 5.91 Å². The zero-order chi connectivity index (χ0) is 24.2. The molecule has 3 aromatic carbocycles. The molecule has 0 fully saturated rings. The number of esters is 1. The summed E-state index contributed by atoms with van der Waals surface area (Å²) in [5, 5.41) is 2.88. The Bertz CT molecular complexity index is 1290. The van der Waals surface area contributed by atoms with Crippen molar-refractivity contribution in [2.24, 2.45) is 0 Å². The number of anilines is 2. The van der Waals surface area contributed by atoms with Crippen molar-refractivity contribution in [1.82, 2.24) is 0 Å². The molecule has 172 valence electrons. The maximum Gasteiger partial charge on any atom is 0.337 e. The van der Waals surface area contributed by atoms with Crippen molar-refractivity contribution in [2.75, 3.05) is 23.3 Å². The second kappa shape index (κ2) is 10.2. The van der Waals surface area contributed by atoms with Crippen LogP contribution in [0, 0.1) is 6.92 Å². The quantitative estimate of drug-likeness (QED) is 0.459. The number of hydrogen-bond donors (Lipinski definition) is 1. The van der Waals surface area contributed by atoms with Crippen LogP contribution in [0.3, 0.4) is 0 Å². The third-order valence-corrected chi connectivity index (χ3v) is 7.10. The van der Waals surface area contributed by atoms with Crippen molar-refractivity contribution >= 4 is 56.5 Å². The highest BCUT2D eigenvalue weighted by Crippen LogP contribution is 2.31. The van der Waals surface area contributed by atoms with Crippen LogP contribution in [-0.2, 0) is 19.6 Å². The molecular weight excluding hydrogens is 487 g/mol. The minimum absolute atomic E-state index is 0.00606. The van der Waals surface area contributed by atoms with Gasteiger partial charge in [0.1, 0.15) is 6.54 Å². The Hall–Kier alpha value is -3.07. The number of carbonyl (C=O) groups excluding carboxylic acids is 2. The van der Waals surface area contributed by atoms with Crippen LogP contribution < -0.4 is 9.62 Å². The van der Waals surface area contributed by atoms with E-state index in [1.165, 1.54) is 49.6 Å². The molecule has 0 aliphatic heterocycles. The number of para-hydroxylation sites is 1. The molecule has 0 saturated carbocycles. The first kappa shape index (κ1) is 24.6. The topological polar surface area (TPSA) is 92.8 Å². The number of ether oxygens (including phenoxy) is 1. The van der Waals surface area contributed by atoms with Gasteiger partial charge in [0.05, 0.1) is 39.0 Å². The van der Waals surface area contributed by atoms with Gasteiger partial charge in [0, 0.05) is 0 Å². The molecule has 3 aromatic rings. The average Bonchev–Trinajstić information content (AvgIpc) is 2.79. The second-order valence-corrected chi connectivity index (χ2v) is 9.69. The lowest BCUT2D eigenvalue weighted by molar-refractivity contribution is -0.114. The highest BCUT2D eigenvalue weighted by Gasteiger charge is 2.29. The molecular formula is C23H20Cl2N2O5S. The van der Waals surface area contributed by atoms with Crippen LogP contribution in [0.4, 0.5) is 11.4 Å². The number of benzene rings is 3. The first-order valence-corrected chi connectivity index (χ1v) is 11.8. The summed E-state index contributed by atoms with van der Waals surface area (Å²) in [6.07, 6.45) is 0. The summed E-state index contributed by atoms with van der Waals surface area (Å²) < 4.78 is 32.5. The zero-order valence-electron chi connectivity index (χ0n) is 17.7. The van der Waals surface area contributed by atoms with Crippen LogP contribution >= 0.6 is 23.2 Å². The van der Waals surface area contributed by atoms with Crippen LogP contribution in [0.1, 0.15) is 15.9 Å². The summed E-state index contributed by atoms with van der Waals surface area (Å²) in [5.41, 5.74) is 1.34. The van der Waals surface area contributed by atoms with Crippen molar-refractivity contribution in [3.63, 3.8) is 0 Å². The van der Waals surface area contributed by atoms with Gasteiger partial charge in [-0.2, -0.15) is 0 Å². The van der Waals surface area contributed by atoms with Crippen LogP contribution in [0.25, 0.3) is 0 Å². The highest BCUT2D eigenvalue weighted by molar-refractivity contribution is 7.92. The fraction of sp³-hybridized carbons (Fsp3) is 0.130. The molecule has 0 spiro atoms. The van der Waals surface area contributed by atoms with Crippen molar-refractivity contribution in [3.8, 4) is 0 Å². The molecule has 33 heavy (non-hydrogen) atoms. The van der Waals surface area contributed by atoms with E-state index in [2.05, 4.69) is 10.1 Å². The van der Waals surface area contributed by atoms with Gasteiger partial charge >= 0.3 is 5.97 Å². The van der Waals surface area contributed by atoms with Crippen LogP contribution in [0.5, 0.6) is 0 Å². The minimum atomic E-state index is -4.14. The lowest BCUT2D eigenvalue weighted by Crippen LogP contribution is -2.38. The molecule has 0 aromatic heterocycles. The van der Waals surface area contributed by atoms with Crippen LogP contribution in [0.15, 0.2) is 71.6 Å². The van der Waals surface area contributed by atoms with Crippen molar-refractivity contribution < 1.29 is 22.7 Å². The fourth-order valence-electron chi connectivity index (χ4n) is 2.98. The van der Waals surface area contributed by atoms with Gasteiger partial charge in [-0.05, 0) is 49.4 Å². The first-order valence-electron chi connectivity index (χ1n) is 9.65. The molecule has 0 aliphatic rings. The van der Waals surface area contributed by atoms with E-state index in [1.807, 2.05) is 6.92 Å². The number of rotatable bonds is 7. The van der Waals surface area contributed by atoms with Crippen molar-refractivity contribution in [1.29, 1.82) is 0 Å². The summed E-state index contributed by atoms with van der Waals surface area (Å²) in [6.45, 7) is 1.25. The normalized spacial score (nSPS) is 11.0. The number of hydrogen-bond acceptors (Lipinski definition) is 5. The predicted octanol–water partition coefficient (Wildman–Crippen LogP) is 4.92. The van der Waals surface area contributed by atoms with Gasteiger partial charge in [-0.1, -0.05) is 53.0 Å². The molecule has 3 rings (SSSR count). The lowest BCUT2D eigenvalue weighted by Gasteiger charge is -2.25. The van der Waals surface area contributed by atoms with E-state index in [1.54, 1.807) is 24.3 Å². The Morgan fingerprint density at radius 3 is 2.27 bits per heavy atom. The Morgan fingerprint density at radius 1 is 0.970 bits per heavy atom. The standard InChI is InChI=1S/C23H20Cl2N2O5S/c1-15-7-10-17(11-8-15)33(30,31)27(21-6-4-3-5-19(21)25)14-22(28)26-20-13-16(23(29)32-2)9-12-18(20)24/h3-13H,14H2,1-2H3,(H,26,28). The minimum Gasteiger partial charge on any atom is -0.465 e. The van der Waals surface area contributed by atoms with E-state index < -0.39 is 28.4 Å². The fourth-order valence-corrected chi connectivity index (χ4v) is 4.87. The molecule has 0 saturated heterocycles. The molecule has 7 nitrogen and oxygen atoms in total. The maximum absolute atomic E-state index is 13.4. The zero-order valence-corrected chi connectivity index (χ0v) is 20.0. The smallest absolute Gasteiger partial charge is 0.337 e. The molecule has 0 heterocycles. The molecule has 1 amide bonds. The molecule has 0 bridgehead atoms. The largest absolute Gasteiger partial charge is 0.465 e. The Labute approximate surface area is 201 Å². The summed E-state index contributed by atoms with van der Waals surface area (Å²) in [7, 11) is -2.91. The predicted molar refractivity (Wildman–Crippen MR) is 129 cm³/mol. The maximum atomic E-state index is 13.4. The number of halogens is 2. The number of amides is 1. The van der Waals surface area contributed by atoms with Crippen molar-refractivity contribution in [3.05, 3.63) is 87.9 Å². The van der Waals surface area contributed by atoms with Gasteiger partial charge in [-0.15, -0.1) is 0 Å². The number of nitrogens with zero attached hydrogens (tertiary/aromatic N) is 1. The summed E-state index contributed by atoms with van der Waals surface area (Å²) in [6, 6.07) is 16.8. The number of nitrogens with one attached hydrogen (secondary N) is 1. The van der Waals surface area contributed by atoms with Crippen molar-refractivity contribution in [2.45, 2.75) is 11.8 Å². The van der Waals surface area contributed by atoms with E-state index in [9.17, 15) is 18.0 Å². The van der Waals surface area contributed by atoms with Gasteiger partial charge in [-0.25, -0.2) is 13.2 Å². The number of methoxy groups -OCH3 is 1. The summed E-state index contributed by atoms with van der Waals surface area (Å²) in [5.74, 6) is -1.30. The molecule has 0 atom stereocenters. The molecule has 1 N–H and O–H groups in total. The number of carbonyl (C=O) groups is 2. The van der Waals surface area contributed by atoms with Gasteiger partial charge in [0.15, 0.2) is 0 Å². The van der Waals surface area contributed by atoms with E-state index in [0.29, 0.717) is 0 Å². The van der Waals surface area contributed by atoms with E-state index >= 15 is 0 Å². The Balaban J connectivity index is 1.96. The third kappa shape index (κ3) is 5.65. The Morgan fingerprint density at radius 2 is 1.64 bits per heavy atom. The monoisotopic (exact) mass is 506 g/mol. The number of aryl methyl sites for hydroxylation is 1. The highest BCUT2D eigenvalue weighted by atomic mass is 35.5. The van der Waals surface area contributed by atoms with E-state index in [-0.39, 0.29) is 31.9 Å². The molecule has 0 radical (unpaired) electrons. The Kier molecular flexibility index (Phi) is 7.63. The van der Waals surface area contributed by atoms with Gasteiger partial charge < -0.3 is 10.1 Å².